The van der Waals surface area contributed by atoms with Gasteiger partial charge in [0.15, 0.2) is 0 Å². The Bertz CT molecular complexity index is 312. The number of carbonyl (C=O) groups is 2. The molecule has 1 heterocycles. The van der Waals surface area contributed by atoms with Crippen molar-refractivity contribution in [3.05, 3.63) is 0 Å². The summed E-state index contributed by atoms with van der Waals surface area (Å²) >= 11 is 0. The van der Waals surface area contributed by atoms with Gasteiger partial charge in [-0.05, 0) is 39.5 Å². The molecule has 4 heteroatoms. The number of hydrogen-bond acceptors (Lipinski definition) is 2. The molecule has 0 spiro atoms. The third kappa shape index (κ3) is 3.20. The van der Waals surface area contributed by atoms with Crippen molar-refractivity contribution in [1.29, 1.82) is 0 Å². The highest BCUT2D eigenvalue weighted by Crippen LogP contribution is 2.27. The predicted octanol–water partition coefficient (Wildman–Crippen LogP) is 2.13. The highest BCUT2D eigenvalue weighted by Gasteiger charge is 2.35. The first kappa shape index (κ1) is 14.0. The minimum Gasteiger partial charge on any atom is -0.481 e. The number of likely N-dealkylation sites (tertiary alicyclic amines) is 1. The Kier molecular flexibility index (Phi) is 4.17. The van der Waals surface area contributed by atoms with E-state index in [1.165, 1.54) is 0 Å². The number of amides is 1. The zero-order chi connectivity index (χ0) is 13.2. The van der Waals surface area contributed by atoms with Gasteiger partial charge in [-0.15, -0.1) is 0 Å². The number of carbonyl (C=O) groups excluding carboxylic acids is 1. The van der Waals surface area contributed by atoms with E-state index in [2.05, 4.69) is 13.8 Å². The van der Waals surface area contributed by atoms with Crippen LogP contribution in [0.25, 0.3) is 0 Å². The van der Waals surface area contributed by atoms with Crippen LogP contribution in [0.15, 0.2) is 0 Å². The standard InChI is InChI=1S/C13H23NO3/c1-9-6-5-7-14(10(9)2)11(15)8-13(3,4)12(16)17/h9-10H,5-8H2,1-4H3,(H,16,17). The van der Waals surface area contributed by atoms with Gasteiger partial charge in [0, 0.05) is 19.0 Å². The Hall–Kier alpha value is -1.06. The van der Waals surface area contributed by atoms with Gasteiger partial charge in [0.2, 0.25) is 5.91 Å². The topological polar surface area (TPSA) is 57.6 Å². The Morgan fingerprint density at radius 1 is 1.35 bits per heavy atom. The first-order valence-electron chi connectivity index (χ1n) is 6.28. The Labute approximate surface area is 103 Å². The summed E-state index contributed by atoms with van der Waals surface area (Å²) in [4.78, 5) is 25.0. The van der Waals surface area contributed by atoms with Gasteiger partial charge in [-0.3, -0.25) is 9.59 Å². The summed E-state index contributed by atoms with van der Waals surface area (Å²) in [5.74, 6) is -0.444. The molecule has 1 aliphatic heterocycles. The molecule has 2 atom stereocenters. The molecule has 0 saturated carbocycles. The average Bonchev–Trinajstić information content (AvgIpc) is 2.21. The molecule has 0 radical (unpaired) electrons. The Morgan fingerprint density at radius 3 is 2.47 bits per heavy atom. The lowest BCUT2D eigenvalue weighted by molar-refractivity contribution is -0.152. The Balaban J connectivity index is 2.67. The fourth-order valence-electron chi connectivity index (χ4n) is 2.24. The lowest BCUT2D eigenvalue weighted by Gasteiger charge is -2.39. The van der Waals surface area contributed by atoms with Gasteiger partial charge in [0.05, 0.1) is 5.41 Å². The van der Waals surface area contributed by atoms with E-state index in [0.717, 1.165) is 19.4 Å². The second-order valence-electron chi connectivity index (χ2n) is 5.81. The van der Waals surface area contributed by atoms with Crippen LogP contribution in [0.3, 0.4) is 0 Å². The molecule has 2 unspecified atom stereocenters. The predicted molar refractivity (Wildman–Crippen MR) is 65.6 cm³/mol. The van der Waals surface area contributed by atoms with Crippen molar-refractivity contribution in [2.24, 2.45) is 11.3 Å². The number of piperidine rings is 1. The molecular formula is C13H23NO3. The van der Waals surface area contributed by atoms with E-state index in [1.807, 2.05) is 4.90 Å². The van der Waals surface area contributed by atoms with Crippen molar-refractivity contribution >= 4 is 11.9 Å². The van der Waals surface area contributed by atoms with Crippen molar-refractivity contribution in [2.75, 3.05) is 6.54 Å². The second kappa shape index (κ2) is 5.07. The second-order valence-corrected chi connectivity index (χ2v) is 5.81. The average molecular weight is 241 g/mol. The molecule has 1 amide bonds. The van der Waals surface area contributed by atoms with Crippen LogP contribution in [0.5, 0.6) is 0 Å². The van der Waals surface area contributed by atoms with Crippen LogP contribution in [0.1, 0.15) is 47.0 Å². The summed E-state index contributed by atoms with van der Waals surface area (Å²) in [5, 5.41) is 9.04. The molecule has 17 heavy (non-hydrogen) atoms. The molecule has 0 aromatic heterocycles. The number of rotatable bonds is 3. The van der Waals surface area contributed by atoms with E-state index in [0.29, 0.717) is 5.92 Å². The van der Waals surface area contributed by atoms with Crippen molar-refractivity contribution in [3.8, 4) is 0 Å². The first-order chi connectivity index (χ1) is 7.75. The maximum absolute atomic E-state index is 12.1. The molecule has 4 nitrogen and oxygen atoms in total. The normalized spacial score (nSPS) is 25.8. The third-order valence-corrected chi connectivity index (χ3v) is 3.87. The number of aliphatic carboxylic acids is 1. The van der Waals surface area contributed by atoms with Crippen LogP contribution in [0, 0.1) is 11.3 Å². The SMILES string of the molecule is CC1CCCN(C(=O)CC(C)(C)C(=O)O)C1C. The maximum atomic E-state index is 12.1. The monoisotopic (exact) mass is 241 g/mol. The van der Waals surface area contributed by atoms with Gasteiger partial charge >= 0.3 is 5.97 Å². The molecule has 1 N–H and O–H groups in total. The number of nitrogens with zero attached hydrogens (tertiary/aromatic N) is 1. The Morgan fingerprint density at radius 2 is 1.94 bits per heavy atom. The first-order valence-corrected chi connectivity index (χ1v) is 6.28. The van der Waals surface area contributed by atoms with E-state index in [9.17, 15) is 9.59 Å². The van der Waals surface area contributed by atoms with Crippen LogP contribution in [-0.4, -0.2) is 34.5 Å². The number of hydrogen-bond donors (Lipinski definition) is 1. The molecule has 0 aromatic rings. The zero-order valence-corrected chi connectivity index (χ0v) is 11.2. The van der Waals surface area contributed by atoms with E-state index in [1.54, 1.807) is 13.8 Å². The largest absolute Gasteiger partial charge is 0.481 e. The molecule has 0 bridgehead atoms. The maximum Gasteiger partial charge on any atom is 0.309 e. The smallest absolute Gasteiger partial charge is 0.309 e. The molecule has 0 aliphatic carbocycles. The fourth-order valence-corrected chi connectivity index (χ4v) is 2.24. The van der Waals surface area contributed by atoms with Gasteiger partial charge < -0.3 is 10.0 Å². The van der Waals surface area contributed by atoms with Crippen LogP contribution in [-0.2, 0) is 9.59 Å². The van der Waals surface area contributed by atoms with E-state index in [4.69, 9.17) is 5.11 Å². The minimum absolute atomic E-state index is 0.0311. The lowest BCUT2D eigenvalue weighted by Crippen LogP contribution is -2.47. The van der Waals surface area contributed by atoms with Crippen molar-refractivity contribution in [1.82, 2.24) is 4.90 Å². The van der Waals surface area contributed by atoms with E-state index in [-0.39, 0.29) is 18.4 Å². The zero-order valence-electron chi connectivity index (χ0n) is 11.2. The molecule has 1 rings (SSSR count). The molecule has 0 aromatic carbocycles. The molecular weight excluding hydrogens is 218 g/mol. The third-order valence-electron chi connectivity index (χ3n) is 3.87. The fraction of sp³-hybridized carbons (Fsp3) is 0.846. The summed E-state index contributed by atoms with van der Waals surface area (Å²) < 4.78 is 0. The van der Waals surface area contributed by atoms with Crippen LogP contribution in [0.4, 0.5) is 0 Å². The molecule has 98 valence electrons. The van der Waals surface area contributed by atoms with Crippen molar-refractivity contribution < 1.29 is 14.7 Å². The van der Waals surface area contributed by atoms with Crippen LogP contribution in [0.2, 0.25) is 0 Å². The summed E-state index contributed by atoms with van der Waals surface area (Å²) in [7, 11) is 0. The van der Waals surface area contributed by atoms with E-state index < -0.39 is 11.4 Å². The summed E-state index contributed by atoms with van der Waals surface area (Å²) in [6.07, 6.45) is 2.25. The van der Waals surface area contributed by atoms with Crippen molar-refractivity contribution in [3.63, 3.8) is 0 Å². The van der Waals surface area contributed by atoms with Crippen molar-refractivity contribution in [2.45, 2.75) is 53.0 Å². The quantitative estimate of drug-likeness (QED) is 0.823. The summed E-state index contributed by atoms with van der Waals surface area (Å²) in [6.45, 7) is 8.17. The highest BCUT2D eigenvalue weighted by molar-refractivity contribution is 5.84. The number of carboxylic acid groups (broad SMARTS) is 1. The molecule has 1 fully saturated rings. The minimum atomic E-state index is -0.975. The summed E-state index contributed by atoms with van der Waals surface area (Å²) in [5.41, 5.74) is -0.975. The van der Waals surface area contributed by atoms with Gasteiger partial charge in [0.1, 0.15) is 0 Å². The highest BCUT2D eigenvalue weighted by atomic mass is 16.4. The van der Waals surface area contributed by atoms with Crippen LogP contribution < -0.4 is 0 Å². The molecule has 1 aliphatic rings. The van der Waals surface area contributed by atoms with E-state index >= 15 is 0 Å². The molecule has 1 saturated heterocycles. The van der Waals surface area contributed by atoms with Gasteiger partial charge in [-0.25, -0.2) is 0 Å². The van der Waals surface area contributed by atoms with Gasteiger partial charge in [-0.2, -0.15) is 0 Å². The van der Waals surface area contributed by atoms with Gasteiger partial charge in [0.25, 0.3) is 0 Å². The summed E-state index contributed by atoms with van der Waals surface area (Å²) in [6, 6.07) is 0.223. The van der Waals surface area contributed by atoms with Gasteiger partial charge in [-0.1, -0.05) is 6.92 Å². The number of carboxylic acids is 1. The van der Waals surface area contributed by atoms with Crippen LogP contribution >= 0.6 is 0 Å². The lowest BCUT2D eigenvalue weighted by atomic mass is 9.86.